The second-order valence-corrected chi connectivity index (χ2v) is 19.3. The summed E-state index contributed by atoms with van der Waals surface area (Å²) in [7, 11) is 0. The van der Waals surface area contributed by atoms with E-state index in [1.165, 1.54) is 66.8 Å². The minimum absolute atomic E-state index is 0.463. The number of aromatic nitrogens is 2. The third-order valence-corrected chi connectivity index (χ3v) is 14.5. The molecule has 0 aliphatic rings. The van der Waals surface area contributed by atoms with E-state index in [9.17, 15) is 0 Å². The van der Waals surface area contributed by atoms with Crippen molar-refractivity contribution in [3.8, 4) is 134 Å². The first kappa shape index (κ1) is 46.6. The summed E-state index contributed by atoms with van der Waals surface area (Å²) in [5, 5.41) is 9.14. The molecule has 12 aromatic carbocycles. The van der Waals surface area contributed by atoms with Crippen LogP contribution < -0.4 is 0 Å². The average molecular weight is 983 g/mol. The van der Waals surface area contributed by atoms with Gasteiger partial charge in [-0.3, -0.25) is 0 Å². The Hall–Kier alpha value is -10.2. The minimum atomic E-state index is 0.463. The normalized spacial score (nSPS) is 11.1. The molecule has 362 valence electrons. The molecule has 1 aromatic heterocycles. The van der Waals surface area contributed by atoms with Crippen LogP contribution in [-0.4, -0.2) is 10.2 Å². The van der Waals surface area contributed by atoms with Gasteiger partial charge in [-0.25, -0.2) is 0 Å². The monoisotopic (exact) mass is 982 g/mol. The lowest BCUT2D eigenvalue weighted by molar-refractivity contribution is 0.584. The summed E-state index contributed by atoms with van der Waals surface area (Å²) in [6.45, 7) is 0. The van der Waals surface area contributed by atoms with Gasteiger partial charge in [0.25, 0.3) is 0 Å². The maximum absolute atomic E-state index is 6.45. The summed E-state index contributed by atoms with van der Waals surface area (Å²) in [6, 6.07) is 108. The third kappa shape index (κ3) is 9.62. The molecule has 3 heteroatoms. The lowest BCUT2D eigenvalue weighted by Gasteiger charge is -2.16. The Morgan fingerprint density at radius 2 is 0.351 bits per heavy atom. The van der Waals surface area contributed by atoms with Crippen LogP contribution in [0.25, 0.3) is 134 Å². The topological polar surface area (TPSA) is 38.9 Å². The fraction of sp³-hybridized carbons (Fsp3) is 0. The van der Waals surface area contributed by atoms with Crippen molar-refractivity contribution in [2.45, 2.75) is 0 Å². The van der Waals surface area contributed by atoms with Crippen molar-refractivity contribution in [2.24, 2.45) is 0 Å². The Bertz CT molecular complexity index is 3690. The van der Waals surface area contributed by atoms with Crippen LogP contribution in [0, 0.1) is 0 Å². The number of nitrogens with zero attached hydrogens (tertiary/aromatic N) is 2. The van der Waals surface area contributed by atoms with Crippen molar-refractivity contribution in [3.05, 3.63) is 303 Å². The molecule has 0 saturated carbocycles. The molecule has 77 heavy (non-hydrogen) atoms. The van der Waals surface area contributed by atoms with Crippen molar-refractivity contribution in [2.75, 3.05) is 0 Å². The van der Waals surface area contributed by atoms with Gasteiger partial charge in [-0.1, -0.05) is 243 Å². The minimum Gasteiger partial charge on any atom is -0.416 e. The van der Waals surface area contributed by atoms with Gasteiger partial charge in [0.05, 0.1) is 0 Å². The molecule has 0 radical (unpaired) electrons. The number of hydrogen-bond acceptors (Lipinski definition) is 3. The zero-order valence-corrected chi connectivity index (χ0v) is 42.2. The lowest BCUT2D eigenvalue weighted by atomic mass is 9.87. The van der Waals surface area contributed by atoms with E-state index in [4.69, 9.17) is 4.42 Å². The predicted molar refractivity (Wildman–Crippen MR) is 320 cm³/mol. The highest BCUT2D eigenvalue weighted by Crippen LogP contribution is 2.43. The van der Waals surface area contributed by atoms with Crippen molar-refractivity contribution < 1.29 is 4.42 Å². The quantitative estimate of drug-likeness (QED) is 0.122. The van der Waals surface area contributed by atoms with Gasteiger partial charge in [0, 0.05) is 11.1 Å². The highest BCUT2D eigenvalue weighted by Gasteiger charge is 2.18. The molecule has 13 rings (SSSR count). The standard InChI is InChI=1S/C74H50N2O/c1-5-21-53(22-6-1)65-29-13-17-33-69(65)61-45-59(46-62(49-61)70-34-18-14-30-66(70)54-23-7-2-8-24-54)51-37-41-57(42-38-51)73-75-76-74(77-73)58-43-39-52(40-44-58)60-47-63(71-35-19-15-31-67(71)55-25-9-3-10-26-55)50-64(48-60)72-36-20-16-32-68(72)56-27-11-4-12-28-56/h1-50H. The number of benzene rings is 12. The van der Waals surface area contributed by atoms with E-state index < -0.39 is 0 Å². The van der Waals surface area contributed by atoms with Crippen molar-refractivity contribution >= 4 is 0 Å². The Morgan fingerprint density at radius 3 is 0.597 bits per heavy atom. The molecule has 0 aliphatic heterocycles. The van der Waals surface area contributed by atoms with Crippen LogP contribution >= 0.6 is 0 Å². The lowest BCUT2D eigenvalue weighted by Crippen LogP contribution is -1.91. The fourth-order valence-corrected chi connectivity index (χ4v) is 10.7. The van der Waals surface area contributed by atoms with Gasteiger partial charge in [0.2, 0.25) is 11.8 Å². The summed E-state index contributed by atoms with van der Waals surface area (Å²) < 4.78 is 6.45. The first-order valence-corrected chi connectivity index (χ1v) is 26.1. The molecule has 0 saturated heterocycles. The molecular weight excluding hydrogens is 933 g/mol. The van der Waals surface area contributed by atoms with Gasteiger partial charge >= 0.3 is 0 Å². The van der Waals surface area contributed by atoms with Gasteiger partial charge < -0.3 is 4.42 Å². The number of rotatable bonds is 12. The molecule has 1 heterocycles. The highest BCUT2D eigenvalue weighted by molar-refractivity contribution is 5.94. The van der Waals surface area contributed by atoms with Crippen LogP contribution in [0.4, 0.5) is 0 Å². The van der Waals surface area contributed by atoms with Crippen LogP contribution in [0.5, 0.6) is 0 Å². The molecule has 0 fully saturated rings. The van der Waals surface area contributed by atoms with Gasteiger partial charge in [0.1, 0.15) is 0 Å². The molecule has 0 amide bonds. The molecule has 0 aliphatic carbocycles. The first-order chi connectivity index (χ1) is 38.2. The molecule has 0 unspecified atom stereocenters. The van der Waals surface area contributed by atoms with Gasteiger partial charge in [-0.2, -0.15) is 0 Å². The van der Waals surface area contributed by atoms with Crippen LogP contribution in [0.3, 0.4) is 0 Å². The molecule has 0 N–H and O–H groups in total. The molecule has 3 nitrogen and oxygen atoms in total. The Kier molecular flexibility index (Phi) is 12.7. The molecule has 0 atom stereocenters. The van der Waals surface area contributed by atoms with E-state index in [2.05, 4.69) is 314 Å². The fourth-order valence-electron chi connectivity index (χ4n) is 10.7. The van der Waals surface area contributed by atoms with Gasteiger partial charge in [-0.15, -0.1) is 10.2 Å². The first-order valence-electron chi connectivity index (χ1n) is 26.1. The maximum Gasteiger partial charge on any atom is 0.248 e. The number of hydrogen-bond donors (Lipinski definition) is 0. The second kappa shape index (κ2) is 21.0. The summed E-state index contributed by atoms with van der Waals surface area (Å²) in [4.78, 5) is 0. The highest BCUT2D eigenvalue weighted by atomic mass is 16.4. The SMILES string of the molecule is c1ccc(-c2ccccc2-c2cc(-c3ccc(-c4nnc(-c5ccc(-c6cc(-c7ccccc7-c7ccccc7)cc(-c7ccccc7-c7ccccc7)c6)cc5)o4)cc3)cc(-c3ccccc3-c3ccccc3)c2)cc1. The van der Waals surface area contributed by atoms with Gasteiger partial charge in [-0.05, 0) is 172 Å². The van der Waals surface area contributed by atoms with Crippen LogP contribution in [0.1, 0.15) is 0 Å². The largest absolute Gasteiger partial charge is 0.416 e. The van der Waals surface area contributed by atoms with E-state index in [-0.39, 0.29) is 0 Å². The van der Waals surface area contributed by atoms with E-state index in [1.54, 1.807) is 0 Å². The summed E-state index contributed by atoms with van der Waals surface area (Å²) in [6.07, 6.45) is 0. The zero-order valence-electron chi connectivity index (χ0n) is 42.2. The van der Waals surface area contributed by atoms with Crippen molar-refractivity contribution in [1.29, 1.82) is 0 Å². The maximum atomic E-state index is 6.45. The summed E-state index contributed by atoms with van der Waals surface area (Å²) >= 11 is 0. The Morgan fingerprint density at radius 1 is 0.156 bits per heavy atom. The molecule has 0 bridgehead atoms. The van der Waals surface area contributed by atoms with Crippen molar-refractivity contribution in [3.63, 3.8) is 0 Å². The Balaban J connectivity index is 0.832. The van der Waals surface area contributed by atoms with E-state index in [0.717, 1.165) is 55.6 Å². The van der Waals surface area contributed by atoms with Crippen LogP contribution in [-0.2, 0) is 0 Å². The van der Waals surface area contributed by atoms with Crippen LogP contribution in [0.2, 0.25) is 0 Å². The second-order valence-electron chi connectivity index (χ2n) is 19.3. The summed E-state index contributed by atoms with van der Waals surface area (Å²) in [5.41, 5.74) is 24.8. The van der Waals surface area contributed by atoms with E-state index in [1.807, 2.05) is 0 Å². The molecule has 0 spiro atoms. The van der Waals surface area contributed by atoms with E-state index in [0.29, 0.717) is 11.8 Å². The van der Waals surface area contributed by atoms with Gasteiger partial charge in [0.15, 0.2) is 0 Å². The Labute approximate surface area is 449 Å². The summed E-state index contributed by atoms with van der Waals surface area (Å²) in [5.74, 6) is 0.926. The predicted octanol–water partition coefficient (Wildman–Crippen LogP) is 20.1. The average Bonchev–Trinajstić information content (AvgIpc) is 4.05. The molecular formula is C74H50N2O. The smallest absolute Gasteiger partial charge is 0.248 e. The van der Waals surface area contributed by atoms with Crippen molar-refractivity contribution in [1.82, 2.24) is 10.2 Å². The van der Waals surface area contributed by atoms with E-state index >= 15 is 0 Å². The van der Waals surface area contributed by atoms with Crippen LogP contribution in [0.15, 0.2) is 308 Å². The zero-order chi connectivity index (χ0) is 51.3. The molecule has 13 aromatic rings. The third-order valence-electron chi connectivity index (χ3n) is 14.5.